The first kappa shape index (κ1) is 14.6. The zero-order chi connectivity index (χ0) is 14.6. The van der Waals surface area contributed by atoms with Crippen LogP contribution < -0.4 is 5.32 Å². The number of nitrogens with zero attached hydrogens (tertiary/aromatic N) is 3. The Morgan fingerprint density at radius 3 is 2.85 bits per heavy atom. The lowest BCUT2D eigenvalue weighted by atomic mass is 10.1. The minimum Gasteiger partial charge on any atom is -0.383 e. The molecule has 0 aromatic carbocycles. The fourth-order valence-corrected chi connectivity index (χ4v) is 2.30. The molecule has 1 aromatic heterocycles. The highest BCUT2D eigenvalue weighted by Gasteiger charge is 2.34. The second-order valence-electron chi connectivity index (χ2n) is 4.93. The first-order chi connectivity index (χ1) is 9.46. The zero-order valence-corrected chi connectivity index (χ0v) is 10.8. The van der Waals surface area contributed by atoms with Crippen LogP contribution in [-0.4, -0.2) is 42.2 Å². The Labute approximate surface area is 115 Å². The number of nitriles is 1. The first-order valence-corrected chi connectivity index (χ1v) is 6.35. The number of nitrogens with one attached hydrogen (secondary N) is 1. The summed E-state index contributed by atoms with van der Waals surface area (Å²) in [6, 6.07) is 5.27. The van der Waals surface area contributed by atoms with Crippen LogP contribution in [0.25, 0.3) is 0 Å². The second kappa shape index (κ2) is 6.09. The van der Waals surface area contributed by atoms with E-state index < -0.39 is 12.7 Å². The molecule has 2 rings (SSSR count). The van der Waals surface area contributed by atoms with Crippen molar-refractivity contribution in [2.24, 2.45) is 5.92 Å². The predicted molar refractivity (Wildman–Crippen MR) is 68.0 cm³/mol. The number of halogens is 3. The molecular formula is C13H15F3N4. The number of anilines is 1. The fraction of sp³-hybridized carbons (Fsp3) is 0.538. The molecule has 1 atom stereocenters. The van der Waals surface area contributed by atoms with Crippen LogP contribution in [-0.2, 0) is 0 Å². The van der Waals surface area contributed by atoms with Crippen LogP contribution in [0.5, 0.6) is 0 Å². The molecule has 0 unspecified atom stereocenters. The molecule has 1 aliphatic rings. The summed E-state index contributed by atoms with van der Waals surface area (Å²) < 4.78 is 36.8. The average molecular weight is 284 g/mol. The number of rotatable bonds is 4. The van der Waals surface area contributed by atoms with Gasteiger partial charge in [-0.2, -0.15) is 18.4 Å². The summed E-state index contributed by atoms with van der Waals surface area (Å²) in [5.41, 5.74) is 1.12. The van der Waals surface area contributed by atoms with Crippen LogP contribution in [0.3, 0.4) is 0 Å². The first-order valence-electron chi connectivity index (χ1n) is 6.35. The largest absolute Gasteiger partial charge is 0.401 e. The minimum atomic E-state index is -4.13. The topological polar surface area (TPSA) is 52.0 Å². The maximum Gasteiger partial charge on any atom is 0.401 e. The minimum absolute atomic E-state index is 0.202. The van der Waals surface area contributed by atoms with Gasteiger partial charge in [-0.05, 0) is 31.0 Å². The Kier molecular flexibility index (Phi) is 4.45. The monoisotopic (exact) mass is 284 g/mol. The van der Waals surface area contributed by atoms with Gasteiger partial charge in [0.15, 0.2) is 0 Å². The fourth-order valence-electron chi connectivity index (χ4n) is 2.30. The molecule has 0 amide bonds. The predicted octanol–water partition coefficient (Wildman–Crippen LogP) is 2.25. The molecule has 108 valence electrons. The third kappa shape index (κ3) is 4.38. The van der Waals surface area contributed by atoms with E-state index in [0.717, 1.165) is 12.1 Å². The molecule has 1 aliphatic heterocycles. The third-order valence-corrected chi connectivity index (χ3v) is 3.25. The quantitative estimate of drug-likeness (QED) is 0.921. The molecule has 7 heteroatoms. The van der Waals surface area contributed by atoms with E-state index in [0.29, 0.717) is 25.3 Å². The van der Waals surface area contributed by atoms with Crippen molar-refractivity contribution in [1.29, 1.82) is 5.26 Å². The Morgan fingerprint density at radius 2 is 2.25 bits per heavy atom. The average Bonchev–Trinajstić information content (AvgIpc) is 2.82. The van der Waals surface area contributed by atoms with Crippen LogP contribution >= 0.6 is 0 Å². The highest BCUT2D eigenvalue weighted by atomic mass is 19.4. The van der Waals surface area contributed by atoms with Gasteiger partial charge in [0.05, 0.1) is 18.4 Å². The van der Waals surface area contributed by atoms with E-state index in [2.05, 4.69) is 10.3 Å². The van der Waals surface area contributed by atoms with Gasteiger partial charge in [-0.15, -0.1) is 0 Å². The van der Waals surface area contributed by atoms with E-state index in [4.69, 9.17) is 5.26 Å². The van der Waals surface area contributed by atoms with E-state index >= 15 is 0 Å². The molecule has 20 heavy (non-hydrogen) atoms. The Hall–Kier alpha value is -1.81. The molecular weight excluding hydrogens is 269 g/mol. The van der Waals surface area contributed by atoms with E-state index in [1.807, 2.05) is 6.07 Å². The lowest BCUT2D eigenvalue weighted by Gasteiger charge is -2.18. The van der Waals surface area contributed by atoms with Gasteiger partial charge in [0.1, 0.15) is 11.8 Å². The van der Waals surface area contributed by atoms with Crippen molar-refractivity contribution in [3.05, 3.63) is 24.0 Å². The zero-order valence-electron chi connectivity index (χ0n) is 10.8. The molecule has 1 N–H and O–H groups in total. The molecule has 0 radical (unpaired) electrons. The van der Waals surface area contributed by atoms with Gasteiger partial charge in [-0.1, -0.05) is 0 Å². The van der Waals surface area contributed by atoms with E-state index in [9.17, 15) is 13.2 Å². The van der Waals surface area contributed by atoms with Crippen LogP contribution in [0.4, 0.5) is 18.9 Å². The number of likely N-dealkylation sites (tertiary alicyclic amines) is 1. The number of hydrogen-bond acceptors (Lipinski definition) is 4. The van der Waals surface area contributed by atoms with E-state index in [1.54, 1.807) is 18.3 Å². The maximum absolute atomic E-state index is 12.3. The molecule has 2 heterocycles. The number of pyridine rings is 1. The Bertz CT molecular complexity index is 478. The highest BCUT2D eigenvalue weighted by Crippen LogP contribution is 2.23. The van der Waals surface area contributed by atoms with Gasteiger partial charge >= 0.3 is 6.18 Å². The lowest BCUT2D eigenvalue weighted by molar-refractivity contribution is -0.143. The summed E-state index contributed by atoms with van der Waals surface area (Å²) in [5.74, 6) is 0.202. The summed E-state index contributed by atoms with van der Waals surface area (Å²) in [6.45, 7) is 0.720. The number of hydrogen-bond donors (Lipinski definition) is 1. The normalized spacial score (nSPS) is 19.8. The number of aromatic nitrogens is 1. The van der Waals surface area contributed by atoms with Gasteiger partial charge < -0.3 is 5.32 Å². The van der Waals surface area contributed by atoms with Crippen molar-refractivity contribution in [1.82, 2.24) is 9.88 Å². The Morgan fingerprint density at radius 1 is 1.45 bits per heavy atom. The second-order valence-corrected chi connectivity index (χ2v) is 4.93. The molecule has 4 nitrogen and oxygen atoms in total. The number of alkyl halides is 3. The molecule has 0 saturated carbocycles. The van der Waals surface area contributed by atoms with Crippen molar-refractivity contribution in [2.45, 2.75) is 12.6 Å². The van der Waals surface area contributed by atoms with Crippen molar-refractivity contribution in [3.8, 4) is 6.07 Å². The molecule has 0 spiro atoms. The van der Waals surface area contributed by atoms with Crippen molar-refractivity contribution in [3.63, 3.8) is 0 Å². The summed E-state index contributed by atoms with van der Waals surface area (Å²) in [5, 5.41) is 11.8. The van der Waals surface area contributed by atoms with Crippen LogP contribution in [0.2, 0.25) is 0 Å². The Balaban J connectivity index is 1.76. The van der Waals surface area contributed by atoms with Crippen molar-refractivity contribution in [2.75, 3.05) is 31.5 Å². The van der Waals surface area contributed by atoms with Crippen molar-refractivity contribution < 1.29 is 13.2 Å². The summed E-state index contributed by atoms with van der Waals surface area (Å²) in [7, 11) is 0. The lowest BCUT2D eigenvalue weighted by Crippen LogP contribution is -2.33. The highest BCUT2D eigenvalue weighted by molar-refractivity contribution is 5.42. The van der Waals surface area contributed by atoms with Gasteiger partial charge in [-0.3, -0.25) is 4.90 Å². The molecule has 0 aliphatic carbocycles. The molecule has 0 bridgehead atoms. The van der Waals surface area contributed by atoms with Crippen LogP contribution in [0.1, 0.15) is 12.1 Å². The maximum atomic E-state index is 12.3. The smallest absolute Gasteiger partial charge is 0.383 e. The van der Waals surface area contributed by atoms with Gasteiger partial charge in [-0.25, -0.2) is 4.98 Å². The molecule has 1 fully saturated rings. The van der Waals surface area contributed by atoms with E-state index in [-0.39, 0.29) is 5.92 Å². The van der Waals surface area contributed by atoms with Gasteiger partial charge in [0, 0.05) is 13.1 Å². The van der Waals surface area contributed by atoms with Gasteiger partial charge in [0.2, 0.25) is 0 Å². The van der Waals surface area contributed by atoms with E-state index in [1.165, 1.54) is 4.90 Å². The van der Waals surface area contributed by atoms with Gasteiger partial charge in [0.25, 0.3) is 0 Å². The summed E-state index contributed by atoms with van der Waals surface area (Å²) in [4.78, 5) is 5.36. The van der Waals surface area contributed by atoms with Crippen LogP contribution in [0.15, 0.2) is 18.3 Å². The molecule has 1 aromatic rings. The third-order valence-electron chi connectivity index (χ3n) is 3.25. The molecule has 1 saturated heterocycles. The summed E-state index contributed by atoms with van der Waals surface area (Å²) >= 11 is 0. The van der Waals surface area contributed by atoms with Crippen LogP contribution in [0, 0.1) is 17.2 Å². The standard InChI is InChI=1S/C13H15F3N4/c14-13(15,16)9-20-4-3-10(8-20)6-18-12-2-1-11(5-17)19-7-12/h1-2,7,10,18H,3-4,6,8-9H2/t10-/m1/s1. The SMILES string of the molecule is N#Cc1ccc(NC[C@H]2CCN(CC(F)(F)F)C2)cn1. The van der Waals surface area contributed by atoms with Crippen molar-refractivity contribution >= 4 is 5.69 Å². The summed E-state index contributed by atoms with van der Waals surface area (Å²) in [6.07, 6.45) is -1.81.